The molecule has 1 amide bonds. The fourth-order valence-corrected chi connectivity index (χ4v) is 3.48. The number of benzene rings is 1. The molecule has 1 aromatic heterocycles. The van der Waals surface area contributed by atoms with Crippen molar-refractivity contribution in [2.45, 2.75) is 38.1 Å². The molecule has 1 heterocycles. The summed E-state index contributed by atoms with van der Waals surface area (Å²) in [4.78, 5) is 15.6. The third-order valence-electron chi connectivity index (χ3n) is 4.82. The molecule has 2 atom stereocenters. The summed E-state index contributed by atoms with van der Waals surface area (Å²) in [6.07, 6.45) is 6.42. The van der Waals surface area contributed by atoms with Crippen LogP contribution in [-0.4, -0.2) is 35.8 Å². The number of carbonyl (C=O) groups is 1. The third kappa shape index (κ3) is 3.50. The molecule has 1 saturated carbocycles. The van der Waals surface area contributed by atoms with Gasteiger partial charge in [0, 0.05) is 35.7 Å². The van der Waals surface area contributed by atoms with Crippen molar-refractivity contribution in [2.24, 2.45) is 5.92 Å². The molecule has 1 fully saturated rings. The summed E-state index contributed by atoms with van der Waals surface area (Å²) in [6.45, 7) is 0.148. The Balaban J connectivity index is 1.70. The smallest absolute Gasteiger partial charge is 0.224 e. The largest absolute Gasteiger partial charge is 0.497 e. The first kappa shape index (κ1) is 15.9. The van der Waals surface area contributed by atoms with E-state index in [1.807, 2.05) is 24.4 Å². The van der Waals surface area contributed by atoms with E-state index in [4.69, 9.17) is 4.74 Å². The fraction of sp³-hybridized carbons (Fsp3) is 0.500. The highest BCUT2D eigenvalue weighted by molar-refractivity contribution is 5.89. The maximum absolute atomic E-state index is 12.4. The number of H-pyrrole nitrogens is 1. The minimum absolute atomic E-state index is 0.0130. The first-order chi connectivity index (χ1) is 11.2. The molecule has 1 aliphatic rings. The van der Waals surface area contributed by atoms with Gasteiger partial charge in [-0.25, -0.2) is 0 Å². The Labute approximate surface area is 136 Å². The molecule has 0 radical (unpaired) electrons. The summed E-state index contributed by atoms with van der Waals surface area (Å²) in [5.41, 5.74) is 1.97. The van der Waals surface area contributed by atoms with Crippen molar-refractivity contribution in [1.29, 1.82) is 0 Å². The van der Waals surface area contributed by atoms with Crippen LogP contribution < -0.4 is 10.1 Å². The molecule has 2 aromatic rings. The third-order valence-corrected chi connectivity index (χ3v) is 4.82. The molecule has 1 aliphatic carbocycles. The van der Waals surface area contributed by atoms with Crippen molar-refractivity contribution in [3.05, 3.63) is 30.0 Å². The van der Waals surface area contributed by atoms with Gasteiger partial charge in [0.25, 0.3) is 0 Å². The number of fused-ring (bicyclic) bond motifs is 1. The number of amides is 1. The highest BCUT2D eigenvalue weighted by Gasteiger charge is 2.25. The number of carbonyl (C=O) groups excluding carboxylic acids is 1. The second-order valence-corrected chi connectivity index (χ2v) is 6.30. The van der Waals surface area contributed by atoms with E-state index in [1.165, 1.54) is 0 Å². The van der Waals surface area contributed by atoms with Crippen LogP contribution in [-0.2, 0) is 11.2 Å². The molecule has 3 rings (SSSR count). The van der Waals surface area contributed by atoms with E-state index in [1.54, 1.807) is 7.11 Å². The van der Waals surface area contributed by atoms with Crippen LogP contribution in [0.25, 0.3) is 10.9 Å². The lowest BCUT2D eigenvalue weighted by Gasteiger charge is -2.30. The van der Waals surface area contributed by atoms with Crippen LogP contribution in [0.4, 0.5) is 0 Å². The molecule has 0 saturated heterocycles. The summed E-state index contributed by atoms with van der Waals surface area (Å²) in [6, 6.07) is 5.90. The Morgan fingerprint density at radius 1 is 1.39 bits per heavy atom. The van der Waals surface area contributed by atoms with Crippen LogP contribution in [0.5, 0.6) is 5.75 Å². The number of aliphatic hydroxyl groups is 1. The van der Waals surface area contributed by atoms with Crippen molar-refractivity contribution in [1.82, 2.24) is 10.3 Å². The minimum Gasteiger partial charge on any atom is -0.497 e. The van der Waals surface area contributed by atoms with Crippen molar-refractivity contribution in [2.75, 3.05) is 13.7 Å². The molecule has 1 aromatic carbocycles. The van der Waals surface area contributed by atoms with E-state index in [9.17, 15) is 9.90 Å². The number of hydrogen-bond donors (Lipinski definition) is 3. The van der Waals surface area contributed by atoms with Crippen LogP contribution in [0.3, 0.4) is 0 Å². The van der Waals surface area contributed by atoms with Gasteiger partial charge in [-0.2, -0.15) is 0 Å². The first-order valence-corrected chi connectivity index (χ1v) is 8.25. The maximum atomic E-state index is 12.4. The van der Waals surface area contributed by atoms with Crippen LogP contribution in [0.2, 0.25) is 0 Å². The summed E-state index contributed by atoms with van der Waals surface area (Å²) >= 11 is 0. The molecule has 0 bridgehead atoms. The Kier molecular flexibility index (Phi) is 4.86. The Bertz CT molecular complexity index is 680. The standard InChI is InChI=1S/C18H24N2O3/c1-23-14-6-7-17-15(9-14)13(10-19-17)8-18(22)20-16-5-3-2-4-12(16)11-21/h6-7,9-10,12,16,19,21H,2-5,8,11H2,1H3,(H,20,22). The predicted molar refractivity (Wildman–Crippen MR) is 89.5 cm³/mol. The van der Waals surface area contributed by atoms with Gasteiger partial charge in [0.2, 0.25) is 5.91 Å². The SMILES string of the molecule is COc1ccc2[nH]cc(CC(=O)NC3CCCCC3CO)c2c1. The molecule has 2 unspecified atom stereocenters. The number of hydrogen-bond acceptors (Lipinski definition) is 3. The quantitative estimate of drug-likeness (QED) is 0.793. The summed E-state index contributed by atoms with van der Waals surface area (Å²) < 4.78 is 5.26. The van der Waals surface area contributed by atoms with E-state index in [-0.39, 0.29) is 24.5 Å². The maximum Gasteiger partial charge on any atom is 0.224 e. The number of aromatic amines is 1. The first-order valence-electron chi connectivity index (χ1n) is 8.25. The summed E-state index contributed by atoms with van der Waals surface area (Å²) in [5, 5.41) is 13.6. The van der Waals surface area contributed by atoms with Gasteiger partial charge in [-0.15, -0.1) is 0 Å². The van der Waals surface area contributed by atoms with Gasteiger partial charge in [-0.05, 0) is 36.6 Å². The second kappa shape index (κ2) is 7.04. The van der Waals surface area contributed by atoms with Crippen molar-refractivity contribution in [3.8, 4) is 5.75 Å². The zero-order valence-corrected chi connectivity index (χ0v) is 13.5. The van der Waals surface area contributed by atoms with E-state index in [0.717, 1.165) is 47.9 Å². The van der Waals surface area contributed by atoms with Crippen LogP contribution >= 0.6 is 0 Å². The summed E-state index contributed by atoms with van der Waals surface area (Å²) in [7, 11) is 1.64. The monoisotopic (exact) mass is 316 g/mol. The van der Waals surface area contributed by atoms with Crippen LogP contribution in [0.1, 0.15) is 31.2 Å². The van der Waals surface area contributed by atoms with Gasteiger partial charge in [-0.3, -0.25) is 4.79 Å². The van der Waals surface area contributed by atoms with Gasteiger partial charge in [0.15, 0.2) is 0 Å². The lowest BCUT2D eigenvalue weighted by molar-refractivity contribution is -0.121. The molecule has 124 valence electrons. The normalized spacial score (nSPS) is 21.3. The Hall–Kier alpha value is -2.01. The number of aromatic nitrogens is 1. The van der Waals surface area contributed by atoms with Crippen LogP contribution in [0.15, 0.2) is 24.4 Å². The van der Waals surface area contributed by atoms with E-state index < -0.39 is 0 Å². The van der Waals surface area contributed by atoms with Gasteiger partial charge in [0.05, 0.1) is 13.5 Å². The number of rotatable bonds is 5. The average Bonchev–Trinajstić information content (AvgIpc) is 2.97. The minimum atomic E-state index is 0.0130. The van der Waals surface area contributed by atoms with E-state index in [0.29, 0.717) is 6.42 Å². The lowest BCUT2D eigenvalue weighted by atomic mass is 9.85. The molecule has 23 heavy (non-hydrogen) atoms. The van der Waals surface area contributed by atoms with Gasteiger partial charge < -0.3 is 20.1 Å². The van der Waals surface area contributed by atoms with Crippen LogP contribution in [0, 0.1) is 5.92 Å². The number of nitrogens with one attached hydrogen (secondary N) is 2. The van der Waals surface area contributed by atoms with Gasteiger partial charge >= 0.3 is 0 Å². The molecule has 0 spiro atoms. The Morgan fingerprint density at radius 3 is 3.00 bits per heavy atom. The molecular weight excluding hydrogens is 292 g/mol. The highest BCUT2D eigenvalue weighted by Crippen LogP contribution is 2.26. The molecule has 0 aliphatic heterocycles. The van der Waals surface area contributed by atoms with Crippen molar-refractivity contribution in [3.63, 3.8) is 0 Å². The fourth-order valence-electron chi connectivity index (χ4n) is 3.48. The number of ether oxygens (including phenoxy) is 1. The average molecular weight is 316 g/mol. The molecular formula is C18H24N2O3. The number of aliphatic hydroxyl groups excluding tert-OH is 1. The molecule has 3 N–H and O–H groups in total. The Morgan fingerprint density at radius 2 is 2.22 bits per heavy atom. The molecule has 5 nitrogen and oxygen atoms in total. The number of methoxy groups -OCH3 is 1. The highest BCUT2D eigenvalue weighted by atomic mass is 16.5. The predicted octanol–water partition coefficient (Wildman–Crippen LogP) is 2.39. The van der Waals surface area contributed by atoms with E-state index in [2.05, 4.69) is 10.3 Å². The van der Waals surface area contributed by atoms with Crippen molar-refractivity contribution >= 4 is 16.8 Å². The summed E-state index contributed by atoms with van der Waals surface area (Å²) in [5.74, 6) is 0.987. The van der Waals surface area contributed by atoms with Crippen molar-refractivity contribution < 1.29 is 14.6 Å². The topological polar surface area (TPSA) is 74.4 Å². The van der Waals surface area contributed by atoms with E-state index >= 15 is 0 Å². The zero-order chi connectivity index (χ0) is 16.2. The second-order valence-electron chi connectivity index (χ2n) is 6.30. The van der Waals surface area contributed by atoms with Gasteiger partial charge in [-0.1, -0.05) is 12.8 Å². The zero-order valence-electron chi connectivity index (χ0n) is 13.5. The molecule has 5 heteroatoms. The van der Waals surface area contributed by atoms with Gasteiger partial charge in [0.1, 0.15) is 5.75 Å². The lowest BCUT2D eigenvalue weighted by Crippen LogP contribution is -2.44.